The summed E-state index contributed by atoms with van der Waals surface area (Å²) in [5.41, 5.74) is 4.87. The molecule has 1 N–H and O–H groups in total. The number of fused-ring (bicyclic) bond motifs is 1. The third-order valence-electron chi connectivity index (χ3n) is 7.55. The van der Waals surface area contributed by atoms with E-state index in [-0.39, 0.29) is 29.3 Å². The van der Waals surface area contributed by atoms with Crippen LogP contribution in [0.5, 0.6) is 5.75 Å². The number of methoxy groups -OCH3 is 2. The number of aliphatic hydroxyl groups excluding tert-OH is 1. The number of carbonyl (C=O) groups excluding carboxylic acids is 1. The van der Waals surface area contributed by atoms with Crippen molar-refractivity contribution in [3.8, 4) is 5.75 Å². The van der Waals surface area contributed by atoms with Crippen molar-refractivity contribution in [2.45, 2.75) is 75.1 Å². The van der Waals surface area contributed by atoms with Crippen LogP contribution in [0.4, 0.5) is 0 Å². The highest BCUT2D eigenvalue weighted by molar-refractivity contribution is 6.21. The molecule has 2 aliphatic rings. The van der Waals surface area contributed by atoms with Crippen molar-refractivity contribution in [1.29, 1.82) is 0 Å². The summed E-state index contributed by atoms with van der Waals surface area (Å²) in [6, 6.07) is 14.6. The molecule has 0 radical (unpaired) electrons. The van der Waals surface area contributed by atoms with Crippen LogP contribution in [0.1, 0.15) is 72.8 Å². The first kappa shape index (κ1) is 26.7. The number of allylic oxidation sites excluding steroid dienone is 2. The lowest BCUT2D eigenvalue weighted by Crippen LogP contribution is -2.18. The third kappa shape index (κ3) is 6.50. The molecular formula is C30H37ClO5. The zero-order valence-electron chi connectivity index (χ0n) is 21.2. The van der Waals surface area contributed by atoms with Crippen LogP contribution in [0, 0.1) is 5.92 Å². The van der Waals surface area contributed by atoms with Crippen molar-refractivity contribution < 1.29 is 24.1 Å². The first-order valence-electron chi connectivity index (χ1n) is 12.9. The fourth-order valence-corrected chi connectivity index (χ4v) is 6.00. The van der Waals surface area contributed by atoms with E-state index in [1.807, 2.05) is 24.3 Å². The Labute approximate surface area is 219 Å². The summed E-state index contributed by atoms with van der Waals surface area (Å²) in [5, 5.41) is 10.8. The Kier molecular flexibility index (Phi) is 9.47. The number of aliphatic hydroxyl groups is 1. The second-order valence-corrected chi connectivity index (χ2v) is 10.4. The number of benzene rings is 2. The second-order valence-electron chi connectivity index (χ2n) is 9.83. The standard InChI is InChI=1S/C30H37ClO5/c1-34-23-13-9-20(10-14-23)19-36-28-16-12-21-17-22(11-15-24(21)28)30-25(26(31)18-27(30)32)7-5-3-4-6-8-29(33)35-2/h3,5,9-11,13-15,17,25-28,30,32H,4,6-8,12,16,18-19H2,1-2H3/b5-3-/t25-,26-,27+,28?,30+/m0/s1. The number of aryl methyl sites for hydroxylation is 1. The third-order valence-corrected chi connectivity index (χ3v) is 8.05. The van der Waals surface area contributed by atoms with Gasteiger partial charge in [-0.25, -0.2) is 0 Å². The SMILES string of the molecule is COC(=O)CCC/C=C\C[C@@H]1[C@@H](c2ccc3c(c2)CCC3OCc2ccc(OC)cc2)[C@H](O)C[C@@H]1Cl. The summed E-state index contributed by atoms with van der Waals surface area (Å²) in [6.45, 7) is 0.569. The number of hydrogen-bond donors (Lipinski definition) is 1. The van der Waals surface area contributed by atoms with Gasteiger partial charge < -0.3 is 19.3 Å². The minimum absolute atomic E-state index is 0.0248. The van der Waals surface area contributed by atoms with Gasteiger partial charge in [0.05, 0.1) is 33.0 Å². The highest BCUT2D eigenvalue weighted by Crippen LogP contribution is 2.46. The zero-order valence-corrected chi connectivity index (χ0v) is 22.0. The lowest BCUT2D eigenvalue weighted by Gasteiger charge is -2.24. The molecule has 2 aromatic rings. The van der Waals surface area contributed by atoms with Crippen LogP contribution in [-0.4, -0.2) is 36.8 Å². The van der Waals surface area contributed by atoms with Gasteiger partial charge in [-0.2, -0.15) is 0 Å². The van der Waals surface area contributed by atoms with Crippen molar-refractivity contribution in [1.82, 2.24) is 0 Å². The lowest BCUT2D eigenvalue weighted by molar-refractivity contribution is -0.140. The Morgan fingerprint density at radius 2 is 1.94 bits per heavy atom. The van der Waals surface area contributed by atoms with Gasteiger partial charge in [0, 0.05) is 17.7 Å². The van der Waals surface area contributed by atoms with Gasteiger partial charge >= 0.3 is 5.97 Å². The van der Waals surface area contributed by atoms with E-state index >= 15 is 0 Å². The van der Waals surface area contributed by atoms with Gasteiger partial charge in [-0.3, -0.25) is 4.79 Å². The van der Waals surface area contributed by atoms with Crippen LogP contribution in [0.15, 0.2) is 54.6 Å². The highest BCUT2D eigenvalue weighted by atomic mass is 35.5. The predicted molar refractivity (Wildman–Crippen MR) is 141 cm³/mol. The predicted octanol–water partition coefficient (Wildman–Crippen LogP) is 6.26. The normalized spacial score (nSPS) is 25.3. The molecule has 1 saturated carbocycles. The molecule has 6 heteroatoms. The van der Waals surface area contributed by atoms with Gasteiger partial charge in [-0.05, 0) is 78.8 Å². The topological polar surface area (TPSA) is 65.0 Å². The Bertz CT molecular complexity index is 1030. The van der Waals surface area contributed by atoms with E-state index in [0.29, 0.717) is 19.4 Å². The lowest BCUT2D eigenvalue weighted by atomic mass is 9.84. The number of unbranched alkanes of at least 4 members (excludes halogenated alkanes) is 1. The maximum atomic E-state index is 11.3. The summed E-state index contributed by atoms with van der Waals surface area (Å²) in [4.78, 5) is 11.3. The number of esters is 1. The molecule has 2 aliphatic carbocycles. The van der Waals surface area contributed by atoms with Crippen molar-refractivity contribution in [3.05, 3.63) is 76.9 Å². The van der Waals surface area contributed by atoms with Gasteiger partial charge in [0.25, 0.3) is 0 Å². The molecule has 36 heavy (non-hydrogen) atoms. The number of ether oxygens (including phenoxy) is 3. The molecule has 0 amide bonds. The van der Waals surface area contributed by atoms with E-state index in [0.717, 1.165) is 43.4 Å². The van der Waals surface area contributed by atoms with Crippen LogP contribution in [-0.2, 0) is 27.3 Å². The fourth-order valence-electron chi connectivity index (χ4n) is 5.56. The molecular weight excluding hydrogens is 476 g/mol. The summed E-state index contributed by atoms with van der Waals surface area (Å²) < 4.78 is 16.2. The highest BCUT2D eigenvalue weighted by Gasteiger charge is 2.42. The van der Waals surface area contributed by atoms with Crippen molar-refractivity contribution in [2.24, 2.45) is 5.92 Å². The minimum atomic E-state index is -0.438. The first-order valence-corrected chi connectivity index (χ1v) is 13.3. The number of carbonyl (C=O) groups is 1. The zero-order chi connectivity index (χ0) is 25.5. The minimum Gasteiger partial charge on any atom is -0.497 e. The number of hydrogen-bond acceptors (Lipinski definition) is 5. The average Bonchev–Trinajstić information content (AvgIpc) is 3.43. The fraction of sp³-hybridized carbons (Fsp3) is 0.500. The molecule has 2 aromatic carbocycles. The maximum absolute atomic E-state index is 11.3. The molecule has 0 aliphatic heterocycles. The Morgan fingerprint density at radius 3 is 2.69 bits per heavy atom. The molecule has 5 nitrogen and oxygen atoms in total. The van der Waals surface area contributed by atoms with Crippen molar-refractivity contribution >= 4 is 17.6 Å². The Hall–Kier alpha value is -2.34. The average molecular weight is 513 g/mol. The van der Waals surface area contributed by atoms with Crippen molar-refractivity contribution in [2.75, 3.05) is 14.2 Å². The van der Waals surface area contributed by atoms with Gasteiger partial charge in [0.2, 0.25) is 0 Å². The van der Waals surface area contributed by atoms with Crippen LogP contribution >= 0.6 is 11.6 Å². The molecule has 0 spiro atoms. The molecule has 194 valence electrons. The van der Waals surface area contributed by atoms with Gasteiger partial charge in [0.15, 0.2) is 0 Å². The largest absolute Gasteiger partial charge is 0.497 e. The van der Waals surface area contributed by atoms with Crippen LogP contribution in [0.25, 0.3) is 0 Å². The maximum Gasteiger partial charge on any atom is 0.305 e. The Balaban J connectivity index is 1.36. The molecule has 0 bridgehead atoms. The summed E-state index contributed by atoms with van der Waals surface area (Å²) in [5.74, 6) is 0.878. The van der Waals surface area contributed by atoms with Crippen LogP contribution in [0.3, 0.4) is 0 Å². The summed E-state index contributed by atoms with van der Waals surface area (Å²) in [7, 11) is 3.08. The molecule has 1 unspecified atom stereocenters. The Morgan fingerprint density at radius 1 is 1.14 bits per heavy atom. The number of alkyl halides is 1. The quantitative estimate of drug-likeness (QED) is 0.166. The van der Waals surface area contributed by atoms with E-state index in [9.17, 15) is 9.90 Å². The molecule has 1 fully saturated rings. The first-order chi connectivity index (χ1) is 17.5. The summed E-state index contributed by atoms with van der Waals surface area (Å²) in [6.07, 6.45) is 9.34. The molecule has 4 rings (SSSR count). The van der Waals surface area contributed by atoms with Gasteiger partial charge in [-0.1, -0.05) is 42.5 Å². The summed E-state index contributed by atoms with van der Waals surface area (Å²) >= 11 is 6.69. The molecule has 0 aromatic heterocycles. The van der Waals surface area contributed by atoms with Gasteiger partial charge in [-0.15, -0.1) is 11.6 Å². The van der Waals surface area contributed by atoms with Crippen molar-refractivity contribution in [3.63, 3.8) is 0 Å². The smallest absolute Gasteiger partial charge is 0.305 e. The van der Waals surface area contributed by atoms with Crippen LogP contribution < -0.4 is 4.74 Å². The van der Waals surface area contributed by atoms with E-state index < -0.39 is 6.10 Å². The van der Waals surface area contributed by atoms with E-state index in [2.05, 4.69) is 35.1 Å². The monoisotopic (exact) mass is 512 g/mol. The molecule has 5 atom stereocenters. The van der Waals surface area contributed by atoms with E-state index in [4.69, 9.17) is 21.1 Å². The van der Waals surface area contributed by atoms with Gasteiger partial charge in [0.1, 0.15) is 5.75 Å². The number of halogens is 1. The van der Waals surface area contributed by atoms with E-state index in [1.165, 1.54) is 23.8 Å². The molecule has 0 heterocycles. The van der Waals surface area contributed by atoms with E-state index in [1.54, 1.807) is 7.11 Å². The number of rotatable bonds is 11. The second kappa shape index (κ2) is 12.8. The van der Waals surface area contributed by atoms with Crippen LogP contribution in [0.2, 0.25) is 0 Å². The molecule has 0 saturated heterocycles.